The fourth-order valence-corrected chi connectivity index (χ4v) is 1.90. The van der Waals surface area contributed by atoms with Crippen molar-refractivity contribution in [2.75, 3.05) is 11.1 Å². The number of nitrogens with one attached hydrogen (secondary N) is 2. The standard InChI is InChI=1S/C12H14N6/c1-18-3-2-14-12(18)7-15-11-5-10-8(4-9(11)13)6-16-17-10/h2-6,15H,7,13H2,1H3,(H,16,17). The van der Waals surface area contributed by atoms with Gasteiger partial charge in [0.05, 0.1) is 29.6 Å². The van der Waals surface area contributed by atoms with Crippen molar-refractivity contribution >= 4 is 22.3 Å². The van der Waals surface area contributed by atoms with Gasteiger partial charge in [-0.05, 0) is 12.1 Å². The number of nitrogens with zero attached hydrogens (tertiary/aromatic N) is 3. The Morgan fingerprint density at radius 1 is 1.44 bits per heavy atom. The van der Waals surface area contributed by atoms with Crippen LogP contribution >= 0.6 is 0 Å². The summed E-state index contributed by atoms with van der Waals surface area (Å²) >= 11 is 0. The van der Waals surface area contributed by atoms with E-state index in [0.717, 1.165) is 22.4 Å². The van der Waals surface area contributed by atoms with Crippen LogP contribution in [-0.2, 0) is 13.6 Å². The monoisotopic (exact) mass is 242 g/mol. The van der Waals surface area contributed by atoms with Crippen molar-refractivity contribution in [3.05, 3.63) is 36.5 Å². The van der Waals surface area contributed by atoms with E-state index in [2.05, 4.69) is 20.5 Å². The molecule has 0 bridgehead atoms. The number of nitrogen functional groups attached to an aromatic ring is 1. The Bertz CT molecular complexity index is 681. The molecule has 0 atom stereocenters. The number of nitrogens with two attached hydrogens (primary N) is 1. The van der Waals surface area contributed by atoms with Crippen LogP contribution < -0.4 is 11.1 Å². The maximum Gasteiger partial charge on any atom is 0.127 e. The summed E-state index contributed by atoms with van der Waals surface area (Å²) in [5.74, 6) is 0.958. The van der Waals surface area contributed by atoms with Crippen LogP contribution in [0.5, 0.6) is 0 Å². The molecule has 0 amide bonds. The van der Waals surface area contributed by atoms with Gasteiger partial charge in [0, 0.05) is 24.8 Å². The smallest absolute Gasteiger partial charge is 0.127 e. The molecular formula is C12H14N6. The Balaban J connectivity index is 1.86. The fraction of sp³-hybridized carbons (Fsp3) is 0.167. The lowest BCUT2D eigenvalue weighted by Gasteiger charge is -2.09. The lowest BCUT2D eigenvalue weighted by atomic mass is 10.2. The first-order valence-corrected chi connectivity index (χ1v) is 5.67. The average molecular weight is 242 g/mol. The third-order valence-electron chi connectivity index (χ3n) is 2.97. The Morgan fingerprint density at radius 3 is 3.11 bits per heavy atom. The molecule has 4 N–H and O–H groups in total. The largest absolute Gasteiger partial charge is 0.397 e. The van der Waals surface area contributed by atoms with Crippen LogP contribution in [0.3, 0.4) is 0 Å². The van der Waals surface area contributed by atoms with Gasteiger partial charge in [0.25, 0.3) is 0 Å². The second-order valence-electron chi connectivity index (χ2n) is 4.20. The minimum absolute atomic E-state index is 0.632. The molecule has 1 aromatic carbocycles. The molecule has 0 unspecified atom stereocenters. The zero-order valence-corrected chi connectivity index (χ0v) is 10.0. The minimum Gasteiger partial charge on any atom is -0.397 e. The summed E-state index contributed by atoms with van der Waals surface area (Å²) in [6, 6.07) is 3.86. The molecule has 3 rings (SSSR count). The van der Waals surface area contributed by atoms with Crippen molar-refractivity contribution in [2.45, 2.75) is 6.54 Å². The molecule has 6 nitrogen and oxygen atoms in total. The van der Waals surface area contributed by atoms with Crippen LogP contribution in [-0.4, -0.2) is 19.7 Å². The molecule has 92 valence electrons. The number of benzene rings is 1. The summed E-state index contributed by atoms with van der Waals surface area (Å²) in [6.45, 7) is 0.632. The van der Waals surface area contributed by atoms with Crippen molar-refractivity contribution in [2.24, 2.45) is 7.05 Å². The second-order valence-corrected chi connectivity index (χ2v) is 4.20. The molecular weight excluding hydrogens is 228 g/mol. The highest BCUT2D eigenvalue weighted by Gasteiger charge is 2.05. The van der Waals surface area contributed by atoms with Gasteiger partial charge in [-0.1, -0.05) is 0 Å². The van der Waals surface area contributed by atoms with Gasteiger partial charge >= 0.3 is 0 Å². The Kier molecular flexibility index (Phi) is 2.40. The van der Waals surface area contributed by atoms with E-state index >= 15 is 0 Å². The molecule has 0 aliphatic carbocycles. The average Bonchev–Trinajstić information content (AvgIpc) is 2.95. The van der Waals surface area contributed by atoms with Crippen LogP contribution in [0.1, 0.15) is 5.82 Å². The van der Waals surface area contributed by atoms with Crippen molar-refractivity contribution in [1.29, 1.82) is 0 Å². The summed E-state index contributed by atoms with van der Waals surface area (Å²) < 4.78 is 1.97. The summed E-state index contributed by atoms with van der Waals surface area (Å²) in [5.41, 5.74) is 8.55. The number of fused-ring (bicyclic) bond motifs is 1. The number of aryl methyl sites for hydroxylation is 1. The quantitative estimate of drug-likeness (QED) is 0.607. The van der Waals surface area contributed by atoms with Crippen LogP contribution in [0.4, 0.5) is 11.4 Å². The predicted octanol–water partition coefficient (Wildman–Crippen LogP) is 1.49. The number of anilines is 2. The maximum atomic E-state index is 5.99. The van der Waals surface area contributed by atoms with E-state index in [4.69, 9.17) is 5.73 Å². The molecule has 0 aliphatic rings. The summed E-state index contributed by atoms with van der Waals surface area (Å²) in [6.07, 6.45) is 5.45. The fourth-order valence-electron chi connectivity index (χ4n) is 1.90. The Labute approximate surface area is 104 Å². The van der Waals surface area contributed by atoms with Crippen LogP contribution in [0.25, 0.3) is 10.9 Å². The number of hydrogen-bond acceptors (Lipinski definition) is 4. The number of aromatic nitrogens is 4. The topological polar surface area (TPSA) is 84.5 Å². The third-order valence-corrected chi connectivity index (χ3v) is 2.97. The molecule has 3 aromatic rings. The summed E-state index contributed by atoms with van der Waals surface area (Å²) in [7, 11) is 1.96. The molecule has 6 heteroatoms. The number of hydrogen-bond donors (Lipinski definition) is 3. The van der Waals surface area contributed by atoms with Gasteiger partial charge < -0.3 is 15.6 Å². The molecule has 0 fully saturated rings. The molecule has 0 aliphatic heterocycles. The summed E-state index contributed by atoms with van der Waals surface area (Å²) in [4.78, 5) is 4.25. The minimum atomic E-state index is 0.632. The van der Waals surface area contributed by atoms with E-state index in [1.54, 1.807) is 12.4 Å². The number of H-pyrrole nitrogens is 1. The van der Waals surface area contributed by atoms with Gasteiger partial charge in [0.15, 0.2) is 0 Å². The van der Waals surface area contributed by atoms with Crippen LogP contribution in [0.15, 0.2) is 30.7 Å². The molecule has 2 heterocycles. The van der Waals surface area contributed by atoms with Gasteiger partial charge in [-0.15, -0.1) is 0 Å². The zero-order chi connectivity index (χ0) is 12.5. The predicted molar refractivity (Wildman–Crippen MR) is 71.0 cm³/mol. The normalized spacial score (nSPS) is 10.9. The Morgan fingerprint density at radius 2 is 2.33 bits per heavy atom. The Hall–Kier alpha value is -2.50. The van der Waals surface area contributed by atoms with Gasteiger partial charge in [-0.2, -0.15) is 5.10 Å². The van der Waals surface area contributed by atoms with E-state index in [9.17, 15) is 0 Å². The highest BCUT2D eigenvalue weighted by molar-refractivity contribution is 5.88. The number of rotatable bonds is 3. The van der Waals surface area contributed by atoms with Crippen molar-refractivity contribution in [3.8, 4) is 0 Å². The molecule has 2 aromatic heterocycles. The van der Waals surface area contributed by atoms with Crippen LogP contribution in [0, 0.1) is 0 Å². The molecule has 0 spiro atoms. The van der Waals surface area contributed by atoms with Gasteiger partial charge in [0.2, 0.25) is 0 Å². The lowest BCUT2D eigenvalue weighted by molar-refractivity contribution is 0.813. The molecule has 0 saturated heterocycles. The van der Waals surface area contributed by atoms with E-state index in [1.165, 1.54) is 0 Å². The SMILES string of the molecule is Cn1ccnc1CNc1cc2[nH]ncc2cc1N. The first kappa shape index (κ1) is 10.6. The van der Waals surface area contributed by atoms with E-state index in [0.29, 0.717) is 12.2 Å². The first-order chi connectivity index (χ1) is 8.74. The molecule has 0 saturated carbocycles. The highest BCUT2D eigenvalue weighted by Crippen LogP contribution is 2.24. The number of imidazole rings is 1. The van der Waals surface area contributed by atoms with Gasteiger partial charge in [-0.3, -0.25) is 5.10 Å². The van der Waals surface area contributed by atoms with Crippen molar-refractivity contribution in [3.63, 3.8) is 0 Å². The molecule has 18 heavy (non-hydrogen) atoms. The van der Waals surface area contributed by atoms with E-state index in [1.807, 2.05) is 29.9 Å². The van der Waals surface area contributed by atoms with Gasteiger partial charge in [0.1, 0.15) is 5.82 Å². The van der Waals surface area contributed by atoms with Crippen LogP contribution in [0.2, 0.25) is 0 Å². The van der Waals surface area contributed by atoms with Gasteiger partial charge in [-0.25, -0.2) is 4.98 Å². The van der Waals surface area contributed by atoms with Crippen molar-refractivity contribution in [1.82, 2.24) is 19.7 Å². The van der Waals surface area contributed by atoms with E-state index in [-0.39, 0.29) is 0 Å². The third kappa shape index (κ3) is 1.77. The van der Waals surface area contributed by atoms with E-state index < -0.39 is 0 Å². The number of aromatic amines is 1. The first-order valence-electron chi connectivity index (χ1n) is 5.67. The second kappa shape index (κ2) is 4.06. The lowest BCUT2D eigenvalue weighted by Crippen LogP contribution is -2.07. The summed E-state index contributed by atoms with van der Waals surface area (Å²) in [5, 5.41) is 11.2. The van der Waals surface area contributed by atoms with Crippen molar-refractivity contribution < 1.29 is 0 Å². The highest BCUT2D eigenvalue weighted by atomic mass is 15.1. The maximum absolute atomic E-state index is 5.99. The molecule has 0 radical (unpaired) electrons. The zero-order valence-electron chi connectivity index (χ0n) is 10.0.